The smallest absolute Gasteiger partial charge is 0.150 e. The SMILES string of the molecule is O=Cc1ccc(N(c2ccc(-c3ccccc3)cc2)c2ccc(-c3ccc(N(c4ccc(C=O)cc4)c4ccc(-c5ccccc5)cc4)cc3)cc2)cc1. The van der Waals surface area contributed by atoms with Crippen molar-refractivity contribution in [2.24, 2.45) is 0 Å². The summed E-state index contributed by atoms with van der Waals surface area (Å²) in [5.74, 6) is 0. The van der Waals surface area contributed by atoms with Gasteiger partial charge in [-0.05, 0) is 130 Å². The number of carbonyl (C=O) groups is 2. The molecule has 0 amide bonds. The Labute approximate surface area is 315 Å². The number of anilines is 6. The van der Waals surface area contributed by atoms with Crippen molar-refractivity contribution in [1.29, 1.82) is 0 Å². The molecule has 0 aromatic heterocycles. The van der Waals surface area contributed by atoms with Gasteiger partial charge < -0.3 is 9.80 Å². The first-order valence-corrected chi connectivity index (χ1v) is 17.9. The highest BCUT2D eigenvalue weighted by atomic mass is 16.1. The van der Waals surface area contributed by atoms with Crippen LogP contribution in [0.4, 0.5) is 34.1 Å². The number of hydrogen-bond acceptors (Lipinski definition) is 4. The van der Waals surface area contributed by atoms with Gasteiger partial charge >= 0.3 is 0 Å². The third kappa shape index (κ3) is 7.22. The van der Waals surface area contributed by atoms with E-state index in [1.807, 2.05) is 60.7 Å². The summed E-state index contributed by atoms with van der Waals surface area (Å²) in [7, 11) is 0. The summed E-state index contributed by atoms with van der Waals surface area (Å²) in [6.07, 6.45) is 1.74. The van der Waals surface area contributed by atoms with E-state index in [0.29, 0.717) is 11.1 Å². The maximum absolute atomic E-state index is 11.4. The van der Waals surface area contributed by atoms with Crippen molar-refractivity contribution in [3.05, 3.63) is 217 Å². The van der Waals surface area contributed by atoms with E-state index in [-0.39, 0.29) is 0 Å². The molecule has 54 heavy (non-hydrogen) atoms. The minimum Gasteiger partial charge on any atom is -0.311 e. The molecular weight excluding hydrogens is 661 g/mol. The first-order chi connectivity index (χ1) is 26.7. The van der Waals surface area contributed by atoms with E-state index in [9.17, 15) is 9.59 Å². The van der Waals surface area contributed by atoms with Crippen molar-refractivity contribution in [2.75, 3.05) is 9.80 Å². The van der Waals surface area contributed by atoms with Crippen molar-refractivity contribution in [1.82, 2.24) is 0 Å². The highest BCUT2D eigenvalue weighted by Gasteiger charge is 2.16. The van der Waals surface area contributed by atoms with Gasteiger partial charge in [-0.25, -0.2) is 0 Å². The Morgan fingerprint density at radius 3 is 0.667 bits per heavy atom. The summed E-state index contributed by atoms with van der Waals surface area (Å²) in [6, 6.07) is 70.3. The van der Waals surface area contributed by atoms with Crippen LogP contribution in [0.2, 0.25) is 0 Å². The van der Waals surface area contributed by atoms with Crippen LogP contribution in [0, 0.1) is 0 Å². The maximum Gasteiger partial charge on any atom is 0.150 e. The average molecular weight is 697 g/mol. The molecule has 0 spiro atoms. The normalized spacial score (nSPS) is 10.7. The van der Waals surface area contributed by atoms with Gasteiger partial charge in [0.25, 0.3) is 0 Å². The van der Waals surface area contributed by atoms with Crippen molar-refractivity contribution in [3.8, 4) is 33.4 Å². The lowest BCUT2D eigenvalue weighted by molar-refractivity contribution is 0.111. The zero-order valence-corrected chi connectivity index (χ0v) is 29.5. The topological polar surface area (TPSA) is 40.6 Å². The Morgan fingerprint density at radius 2 is 0.444 bits per heavy atom. The molecule has 0 aliphatic rings. The van der Waals surface area contributed by atoms with Crippen molar-refractivity contribution < 1.29 is 9.59 Å². The van der Waals surface area contributed by atoms with Crippen LogP contribution in [0.3, 0.4) is 0 Å². The summed E-state index contributed by atoms with van der Waals surface area (Å²) < 4.78 is 0. The first kappa shape index (κ1) is 33.8. The standard InChI is InChI=1S/C50H36N2O2/c53-35-37-11-23-45(24-12-37)51(47-27-15-41(16-28-47)39-7-3-1-4-8-39)49-31-19-43(20-32-49)44-21-33-50(34-22-44)52(46-25-13-38(36-54)14-26-46)48-29-17-42(18-30-48)40-9-5-2-6-10-40/h1-36H. The molecule has 8 aromatic carbocycles. The quantitative estimate of drug-likeness (QED) is 0.126. The molecule has 0 bridgehead atoms. The van der Waals surface area contributed by atoms with E-state index in [1.165, 1.54) is 11.1 Å². The second-order valence-electron chi connectivity index (χ2n) is 13.0. The predicted molar refractivity (Wildman–Crippen MR) is 223 cm³/mol. The fourth-order valence-corrected chi connectivity index (χ4v) is 6.77. The largest absolute Gasteiger partial charge is 0.311 e. The van der Waals surface area contributed by atoms with Gasteiger partial charge in [-0.2, -0.15) is 0 Å². The molecule has 0 saturated carbocycles. The van der Waals surface area contributed by atoms with E-state index < -0.39 is 0 Å². The van der Waals surface area contributed by atoms with E-state index in [1.54, 1.807) is 0 Å². The molecular formula is C50H36N2O2. The average Bonchev–Trinajstić information content (AvgIpc) is 3.26. The molecule has 0 heterocycles. The fourth-order valence-electron chi connectivity index (χ4n) is 6.77. The Morgan fingerprint density at radius 1 is 0.241 bits per heavy atom. The molecule has 4 heteroatoms. The van der Waals surface area contributed by atoms with Gasteiger partial charge in [0.1, 0.15) is 12.6 Å². The van der Waals surface area contributed by atoms with Crippen LogP contribution in [0.1, 0.15) is 20.7 Å². The van der Waals surface area contributed by atoms with Crippen LogP contribution in [0.15, 0.2) is 206 Å². The number of benzene rings is 8. The van der Waals surface area contributed by atoms with Crippen LogP contribution in [-0.2, 0) is 0 Å². The van der Waals surface area contributed by atoms with Crippen molar-refractivity contribution in [3.63, 3.8) is 0 Å². The van der Waals surface area contributed by atoms with Crippen LogP contribution in [-0.4, -0.2) is 12.6 Å². The van der Waals surface area contributed by atoms with E-state index in [2.05, 4.69) is 155 Å². The van der Waals surface area contributed by atoms with Crippen molar-refractivity contribution in [2.45, 2.75) is 0 Å². The molecule has 0 N–H and O–H groups in total. The maximum atomic E-state index is 11.4. The molecule has 8 aromatic rings. The minimum absolute atomic E-state index is 0.637. The second-order valence-corrected chi connectivity index (χ2v) is 13.0. The Balaban J connectivity index is 1.09. The highest BCUT2D eigenvalue weighted by Crippen LogP contribution is 2.39. The number of hydrogen-bond donors (Lipinski definition) is 0. The fraction of sp³-hybridized carbons (Fsp3) is 0. The first-order valence-electron chi connectivity index (χ1n) is 17.9. The molecule has 0 fully saturated rings. The Hall–Kier alpha value is -7.30. The van der Waals surface area contributed by atoms with Gasteiger partial charge in [0.05, 0.1) is 0 Å². The summed E-state index contributed by atoms with van der Waals surface area (Å²) in [5.41, 5.74) is 14.1. The number of aldehydes is 2. The molecule has 0 saturated heterocycles. The highest BCUT2D eigenvalue weighted by molar-refractivity contribution is 5.84. The zero-order chi connectivity index (χ0) is 36.7. The summed E-state index contributed by atoms with van der Waals surface area (Å²) >= 11 is 0. The molecule has 0 unspecified atom stereocenters. The van der Waals surface area contributed by atoms with Gasteiger partial charge in [0.2, 0.25) is 0 Å². The van der Waals surface area contributed by atoms with Gasteiger partial charge in [-0.3, -0.25) is 9.59 Å². The lowest BCUT2D eigenvalue weighted by atomic mass is 10.0. The zero-order valence-electron chi connectivity index (χ0n) is 29.5. The number of rotatable bonds is 11. The van der Waals surface area contributed by atoms with Gasteiger partial charge in [0.15, 0.2) is 0 Å². The van der Waals surface area contributed by atoms with E-state index >= 15 is 0 Å². The van der Waals surface area contributed by atoms with Gasteiger partial charge in [-0.15, -0.1) is 0 Å². The lowest BCUT2D eigenvalue weighted by Crippen LogP contribution is -2.10. The van der Waals surface area contributed by atoms with Crippen LogP contribution < -0.4 is 9.80 Å². The Bertz CT molecular complexity index is 2280. The Kier molecular flexibility index (Phi) is 9.72. The molecule has 0 atom stereocenters. The van der Waals surface area contributed by atoms with Crippen molar-refractivity contribution >= 4 is 46.7 Å². The summed E-state index contributed by atoms with van der Waals surface area (Å²) in [5, 5.41) is 0. The number of nitrogens with zero attached hydrogens (tertiary/aromatic N) is 2. The van der Waals surface area contributed by atoms with Crippen LogP contribution in [0.25, 0.3) is 33.4 Å². The molecule has 4 nitrogen and oxygen atoms in total. The molecule has 0 aliphatic carbocycles. The van der Waals surface area contributed by atoms with E-state index in [0.717, 1.165) is 69.0 Å². The summed E-state index contributed by atoms with van der Waals surface area (Å²) in [6.45, 7) is 0. The molecule has 8 rings (SSSR count). The molecule has 0 aliphatic heterocycles. The molecule has 258 valence electrons. The third-order valence-corrected chi connectivity index (χ3v) is 9.62. The van der Waals surface area contributed by atoms with Crippen LogP contribution in [0.5, 0.6) is 0 Å². The van der Waals surface area contributed by atoms with Crippen LogP contribution >= 0.6 is 0 Å². The predicted octanol–water partition coefficient (Wildman–Crippen LogP) is 13.3. The minimum atomic E-state index is 0.637. The lowest BCUT2D eigenvalue weighted by Gasteiger charge is -2.26. The monoisotopic (exact) mass is 696 g/mol. The number of carbonyl (C=O) groups excluding carboxylic acids is 2. The second kappa shape index (κ2) is 15.5. The van der Waals surface area contributed by atoms with E-state index in [4.69, 9.17) is 0 Å². The van der Waals surface area contributed by atoms with Gasteiger partial charge in [0, 0.05) is 45.3 Å². The van der Waals surface area contributed by atoms with Gasteiger partial charge in [-0.1, -0.05) is 109 Å². The third-order valence-electron chi connectivity index (χ3n) is 9.62. The molecule has 0 radical (unpaired) electrons. The summed E-state index contributed by atoms with van der Waals surface area (Å²) in [4.78, 5) is 27.3.